The molecule has 0 spiro atoms. The van der Waals surface area contributed by atoms with Crippen LogP contribution in [0.4, 0.5) is 28.9 Å². The van der Waals surface area contributed by atoms with E-state index in [2.05, 4.69) is 25.3 Å². The molecule has 2 atom stereocenters. The Morgan fingerprint density at radius 3 is 2.49 bits per heavy atom. The van der Waals surface area contributed by atoms with Crippen molar-refractivity contribution in [2.75, 3.05) is 30.8 Å². The van der Waals surface area contributed by atoms with Crippen LogP contribution in [0.5, 0.6) is 11.5 Å². The van der Waals surface area contributed by atoms with Gasteiger partial charge >= 0.3 is 6.36 Å². The van der Waals surface area contributed by atoms with E-state index < -0.39 is 53.4 Å². The summed E-state index contributed by atoms with van der Waals surface area (Å²) in [5.74, 6) is -3.86. The van der Waals surface area contributed by atoms with Crippen molar-refractivity contribution in [1.82, 2.24) is 14.9 Å². The minimum atomic E-state index is -5.15. The van der Waals surface area contributed by atoms with E-state index in [0.717, 1.165) is 18.2 Å². The van der Waals surface area contributed by atoms with Gasteiger partial charge in [0.2, 0.25) is 11.8 Å². The first-order valence-corrected chi connectivity index (χ1v) is 13.4. The highest BCUT2D eigenvalue weighted by Gasteiger charge is 2.42. The largest absolute Gasteiger partial charge is 0.573 e. The molecule has 0 unspecified atom stereocenters. The second kappa shape index (κ2) is 14.1. The van der Waals surface area contributed by atoms with Crippen LogP contribution in [0.25, 0.3) is 0 Å². The predicted octanol–water partition coefficient (Wildman–Crippen LogP) is 3.72. The molecule has 1 fully saturated rings. The standard InChI is InChI=1S/C29H28F4N6O6/c1-16(40)26(34)18-13-17(44-15-23-35-10-4-11-36-23)7-8-19(18)37-14-24(41)39-12-9-22(43-2)27(39)28(42)38-20-5-3-6-21(25(20)30)45-29(31,32)33/h3-8,10-11,13,22,27,34,37H,9,12,14-15H2,1-2H3,(H,38,42)/t22-,27+/m1/s1. The van der Waals surface area contributed by atoms with Gasteiger partial charge in [-0.2, -0.15) is 0 Å². The van der Waals surface area contributed by atoms with Crippen molar-refractivity contribution in [3.05, 3.63) is 72.1 Å². The van der Waals surface area contributed by atoms with E-state index in [4.69, 9.17) is 14.9 Å². The van der Waals surface area contributed by atoms with Crippen molar-refractivity contribution in [2.24, 2.45) is 0 Å². The predicted molar refractivity (Wildman–Crippen MR) is 151 cm³/mol. The number of ether oxygens (including phenoxy) is 3. The molecule has 1 saturated heterocycles. The molecule has 4 rings (SSSR count). The lowest BCUT2D eigenvalue weighted by molar-refractivity contribution is -0.275. The van der Waals surface area contributed by atoms with E-state index in [-0.39, 0.29) is 43.1 Å². The molecule has 0 radical (unpaired) electrons. The van der Waals surface area contributed by atoms with Gasteiger partial charge in [0.1, 0.15) is 24.1 Å². The maximum Gasteiger partial charge on any atom is 0.573 e. The first kappa shape index (κ1) is 32.8. The number of methoxy groups -OCH3 is 1. The average molecular weight is 633 g/mol. The molecule has 45 heavy (non-hydrogen) atoms. The summed E-state index contributed by atoms with van der Waals surface area (Å²) >= 11 is 0. The number of nitrogens with one attached hydrogen (secondary N) is 3. The summed E-state index contributed by atoms with van der Waals surface area (Å²) < 4.78 is 67.3. The zero-order chi connectivity index (χ0) is 32.7. The highest BCUT2D eigenvalue weighted by molar-refractivity contribution is 6.45. The summed E-state index contributed by atoms with van der Waals surface area (Å²) in [6, 6.07) is 7.81. The second-order valence-electron chi connectivity index (χ2n) is 9.70. The fourth-order valence-electron chi connectivity index (χ4n) is 4.61. The van der Waals surface area contributed by atoms with Gasteiger partial charge in [-0.15, -0.1) is 13.2 Å². The Hall–Kier alpha value is -5.12. The van der Waals surface area contributed by atoms with Crippen LogP contribution in [0.2, 0.25) is 0 Å². The molecule has 2 aromatic carbocycles. The minimum Gasteiger partial charge on any atom is -0.486 e. The van der Waals surface area contributed by atoms with Crippen LogP contribution in [0.1, 0.15) is 24.7 Å². The molecule has 3 aromatic rings. The zero-order valence-corrected chi connectivity index (χ0v) is 24.0. The monoisotopic (exact) mass is 632 g/mol. The van der Waals surface area contributed by atoms with Gasteiger partial charge in [-0.25, -0.2) is 14.4 Å². The molecule has 0 saturated carbocycles. The molecule has 16 heteroatoms. The van der Waals surface area contributed by atoms with E-state index in [9.17, 15) is 31.9 Å². The Labute approximate surface area is 254 Å². The third-order valence-electron chi connectivity index (χ3n) is 6.71. The molecule has 0 bridgehead atoms. The number of rotatable bonds is 12. The van der Waals surface area contributed by atoms with Crippen molar-refractivity contribution in [3.63, 3.8) is 0 Å². The first-order valence-electron chi connectivity index (χ1n) is 13.4. The number of carbonyl (C=O) groups is 3. The van der Waals surface area contributed by atoms with Crippen molar-refractivity contribution in [1.29, 1.82) is 5.41 Å². The summed E-state index contributed by atoms with van der Waals surface area (Å²) in [5.41, 5.74) is -0.506. The van der Waals surface area contributed by atoms with Gasteiger partial charge in [0.15, 0.2) is 23.2 Å². The molecule has 2 amide bonds. The second-order valence-corrected chi connectivity index (χ2v) is 9.70. The Kier molecular flexibility index (Phi) is 10.3. The quantitative estimate of drug-likeness (QED) is 0.200. The lowest BCUT2D eigenvalue weighted by atomic mass is 10.0. The van der Waals surface area contributed by atoms with Crippen molar-refractivity contribution in [2.45, 2.75) is 38.5 Å². The Morgan fingerprint density at radius 1 is 1.09 bits per heavy atom. The molecular weight excluding hydrogens is 604 g/mol. The van der Waals surface area contributed by atoms with E-state index in [1.54, 1.807) is 24.5 Å². The number of benzene rings is 2. The Bertz CT molecular complexity index is 1570. The molecule has 238 valence electrons. The number of nitrogens with zero attached hydrogens (tertiary/aromatic N) is 3. The number of alkyl halides is 3. The summed E-state index contributed by atoms with van der Waals surface area (Å²) in [4.78, 5) is 47.9. The lowest BCUT2D eigenvalue weighted by Crippen LogP contribution is -2.49. The average Bonchev–Trinajstić information content (AvgIpc) is 3.45. The third-order valence-corrected chi connectivity index (χ3v) is 6.71. The number of likely N-dealkylation sites (tertiary alicyclic amines) is 1. The first-order chi connectivity index (χ1) is 21.4. The van der Waals surface area contributed by atoms with Crippen molar-refractivity contribution in [3.8, 4) is 11.5 Å². The number of carbonyl (C=O) groups excluding carboxylic acids is 3. The van der Waals surface area contributed by atoms with Crippen molar-refractivity contribution >= 4 is 34.7 Å². The summed E-state index contributed by atoms with van der Waals surface area (Å²) in [6.07, 6.45) is -2.59. The number of amides is 2. The summed E-state index contributed by atoms with van der Waals surface area (Å²) in [7, 11) is 1.32. The summed E-state index contributed by atoms with van der Waals surface area (Å²) in [5, 5.41) is 13.4. The van der Waals surface area contributed by atoms with E-state index in [0.29, 0.717) is 11.6 Å². The molecule has 1 aromatic heterocycles. The SMILES string of the molecule is CO[C@@H]1CCN(C(=O)CNc2ccc(OCc3ncccn3)cc2C(=N)C(C)=O)[C@@H]1C(=O)Nc1cccc(OC(F)(F)F)c1F. The molecule has 1 aliphatic rings. The maximum absolute atomic E-state index is 14.7. The van der Waals surface area contributed by atoms with E-state index in [1.807, 2.05) is 0 Å². The maximum atomic E-state index is 14.7. The normalized spacial score (nSPS) is 16.2. The topological polar surface area (TPSA) is 156 Å². The third kappa shape index (κ3) is 8.29. The molecule has 3 N–H and O–H groups in total. The van der Waals surface area contributed by atoms with Crippen LogP contribution in [0.3, 0.4) is 0 Å². The van der Waals surface area contributed by atoms with Gasteiger partial charge < -0.3 is 29.7 Å². The van der Waals surface area contributed by atoms with Gasteiger partial charge in [0.25, 0.3) is 0 Å². The Morgan fingerprint density at radius 2 is 1.82 bits per heavy atom. The fourth-order valence-corrected chi connectivity index (χ4v) is 4.61. The van der Waals surface area contributed by atoms with E-state index >= 15 is 0 Å². The van der Waals surface area contributed by atoms with Gasteiger partial charge in [-0.05, 0) is 42.8 Å². The number of ketones is 1. The van der Waals surface area contributed by atoms with Crippen LogP contribution in [-0.2, 0) is 25.7 Å². The van der Waals surface area contributed by atoms with Crippen LogP contribution >= 0.6 is 0 Å². The number of aromatic nitrogens is 2. The van der Waals surface area contributed by atoms with Crippen LogP contribution in [0, 0.1) is 11.2 Å². The van der Waals surface area contributed by atoms with Crippen LogP contribution < -0.4 is 20.1 Å². The van der Waals surface area contributed by atoms with Crippen LogP contribution in [0.15, 0.2) is 54.9 Å². The molecule has 0 aliphatic carbocycles. The number of halogens is 4. The molecule has 1 aliphatic heterocycles. The fraction of sp³-hybridized carbons (Fsp3) is 0.310. The smallest absolute Gasteiger partial charge is 0.486 e. The highest BCUT2D eigenvalue weighted by Crippen LogP contribution is 2.31. The van der Waals surface area contributed by atoms with Gasteiger partial charge in [-0.1, -0.05) is 6.07 Å². The Balaban J connectivity index is 1.48. The molecule has 2 heterocycles. The molecular formula is C29H28F4N6O6. The number of hydrogen-bond donors (Lipinski definition) is 3. The summed E-state index contributed by atoms with van der Waals surface area (Å²) in [6.45, 7) is 0.956. The van der Waals surface area contributed by atoms with Crippen molar-refractivity contribution < 1.29 is 46.2 Å². The number of anilines is 2. The minimum absolute atomic E-state index is 0.0293. The van der Waals surface area contributed by atoms with Gasteiger partial charge in [0, 0.05) is 44.2 Å². The van der Waals surface area contributed by atoms with E-state index in [1.165, 1.54) is 31.1 Å². The van der Waals surface area contributed by atoms with Gasteiger partial charge in [-0.3, -0.25) is 19.8 Å². The van der Waals surface area contributed by atoms with Crippen LogP contribution in [-0.4, -0.2) is 76.9 Å². The highest BCUT2D eigenvalue weighted by atomic mass is 19.4. The number of Topliss-reactive ketones (excluding diaryl/α,β-unsaturated/α-hetero) is 1. The number of hydrogen-bond acceptors (Lipinski definition) is 10. The molecule has 12 nitrogen and oxygen atoms in total. The zero-order valence-electron chi connectivity index (χ0n) is 24.0. The van der Waals surface area contributed by atoms with Gasteiger partial charge in [0.05, 0.1) is 18.3 Å². The lowest BCUT2D eigenvalue weighted by Gasteiger charge is -2.27.